The second kappa shape index (κ2) is 10.0. The molecule has 1 saturated heterocycles. The average Bonchev–Trinajstić information content (AvgIpc) is 3.22. The lowest BCUT2D eigenvalue weighted by molar-refractivity contribution is -0.119. The molecule has 3 N–H and O–H groups in total. The van der Waals surface area contributed by atoms with E-state index in [1.807, 2.05) is 12.1 Å². The average molecular weight is 397 g/mol. The van der Waals surface area contributed by atoms with Gasteiger partial charge in [-0.3, -0.25) is 9.59 Å². The zero-order valence-electron chi connectivity index (χ0n) is 16.8. The van der Waals surface area contributed by atoms with Crippen LogP contribution in [-0.2, 0) is 16.0 Å². The summed E-state index contributed by atoms with van der Waals surface area (Å²) in [6.07, 6.45) is 2.11. The highest BCUT2D eigenvalue weighted by atomic mass is 16.5. The van der Waals surface area contributed by atoms with Crippen LogP contribution < -0.4 is 20.7 Å². The fraction of sp³-hybridized carbons (Fsp3) is 0.364. The Hall–Kier alpha value is -2.90. The van der Waals surface area contributed by atoms with Gasteiger partial charge in [0.25, 0.3) is 5.91 Å². The van der Waals surface area contributed by atoms with Gasteiger partial charge in [-0.2, -0.15) is 0 Å². The SMILES string of the molecule is COCC(=O)Nc1ccc(OC)cc1NC(=O)c1cccc(CC2CCNC2)c1. The first-order chi connectivity index (χ1) is 14.1. The molecule has 2 amide bonds. The summed E-state index contributed by atoms with van der Waals surface area (Å²) in [6, 6.07) is 12.7. The van der Waals surface area contributed by atoms with Gasteiger partial charge in [0.1, 0.15) is 12.4 Å². The number of anilines is 2. The molecular weight excluding hydrogens is 370 g/mol. The van der Waals surface area contributed by atoms with Crippen molar-refractivity contribution in [3.8, 4) is 5.75 Å². The molecule has 1 fully saturated rings. The number of benzene rings is 2. The molecule has 0 spiro atoms. The van der Waals surface area contributed by atoms with E-state index >= 15 is 0 Å². The summed E-state index contributed by atoms with van der Waals surface area (Å²) >= 11 is 0. The molecule has 0 aromatic heterocycles. The van der Waals surface area contributed by atoms with Crippen molar-refractivity contribution in [2.75, 3.05) is 44.5 Å². The van der Waals surface area contributed by atoms with Crippen molar-refractivity contribution in [2.45, 2.75) is 12.8 Å². The largest absolute Gasteiger partial charge is 0.497 e. The van der Waals surface area contributed by atoms with Gasteiger partial charge in [0.05, 0.1) is 18.5 Å². The summed E-state index contributed by atoms with van der Waals surface area (Å²) in [5.41, 5.74) is 2.66. The van der Waals surface area contributed by atoms with E-state index in [1.54, 1.807) is 31.4 Å². The Morgan fingerprint density at radius 3 is 2.69 bits per heavy atom. The molecule has 0 radical (unpaired) electrons. The van der Waals surface area contributed by atoms with Crippen LogP contribution in [0.1, 0.15) is 22.3 Å². The lowest BCUT2D eigenvalue weighted by atomic mass is 9.97. The van der Waals surface area contributed by atoms with Gasteiger partial charge in [0, 0.05) is 18.7 Å². The highest BCUT2D eigenvalue weighted by Gasteiger charge is 2.16. The van der Waals surface area contributed by atoms with E-state index in [1.165, 1.54) is 7.11 Å². The predicted octanol–water partition coefficient (Wildman–Crippen LogP) is 2.68. The predicted molar refractivity (Wildman–Crippen MR) is 113 cm³/mol. The Kier molecular flexibility index (Phi) is 7.21. The quantitative estimate of drug-likeness (QED) is 0.637. The Bertz CT molecular complexity index is 863. The van der Waals surface area contributed by atoms with Crippen LogP contribution in [-0.4, -0.2) is 45.7 Å². The van der Waals surface area contributed by atoms with E-state index in [0.717, 1.165) is 31.5 Å². The maximum atomic E-state index is 12.9. The minimum atomic E-state index is -0.305. The number of hydrogen-bond donors (Lipinski definition) is 3. The molecule has 154 valence electrons. The van der Waals surface area contributed by atoms with Crippen LogP contribution in [0.15, 0.2) is 42.5 Å². The molecule has 7 heteroatoms. The molecule has 2 aromatic carbocycles. The fourth-order valence-corrected chi connectivity index (χ4v) is 3.44. The van der Waals surface area contributed by atoms with Crippen molar-refractivity contribution < 1.29 is 19.1 Å². The highest BCUT2D eigenvalue weighted by Crippen LogP contribution is 2.28. The van der Waals surface area contributed by atoms with Crippen LogP contribution in [0.5, 0.6) is 5.75 Å². The summed E-state index contributed by atoms with van der Waals surface area (Å²) < 4.78 is 10.1. The first-order valence-corrected chi connectivity index (χ1v) is 9.67. The van der Waals surface area contributed by atoms with Gasteiger partial charge in [-0.1, -0.05) is 12.1 Å². The number of ether oxygens (including phenoxy) is 2. The third kappa shape index (κ3) is 5.79. The van der Waals surface area contributed by atoms with Crippen molar-refractivity contribution in [1.82, 2.24) is 5.32 Å². The van der Waals surface area contributed by atoms with Crippen LogP contribution in [0, 0.1) is 5.92 Å². The molecule has 2 aromatic rings. The molecule has 3 rings (SSSR count). The van der Waals surface area contributed by atoms with E-state index < -0.39 is 0 Å². The van der Waals surface area contributed by atoms with E-state index in [9.17, 15) is 9.59 Å². The Labute approximate surface area is 170 Å². The van der Waals surface area contributed by atoms with Crippen LogP contribution in [0.4, 0.5) is 11.4 Å². The van der Waals surface area contributed by atoms with Gasteiger partial charge in [-0.15, -0.1) is 0 Å². The summed E-state index contributed by atoms with van der Waals surface area (Å²) in [5.74, 6) is 0.633. The van der Waals surface area contributed by atoms with E-state index in [4.69, 9.17) is 9.47 Å². The first kappa shape index (κ1) is 20.8. The third-order valence-corrected chi connectivity index (χ3v) is 4.90. The number of hydrogen-bond acceptors (Lipinski definition) is 5. The van der Waals surface area contributed by atoms with Crippen LogP contribution in [0.25, 0.3) is 0 Å². The van der Waals surface area contributed by atoms with E-state index in [2.05, 4.69) is 22.0 Å². The summed E-state index contributed by atoms with van der Waals surface area (Å²) in [6.45, 7) is 2.00. The lowest BCUT2D eigenvalue weighted by Crippen LogP contribution is -2.20. The van der Waals surface area contributed by atoms with Crippen LogP contribution >= 0.6 is 0 Å². The van der Waals surface area contributed by atoms with Crippen LogP contribution in [0.2, 0.25) is 0 Å². The Balaban J connectivity index is 1.76. The minimum absolute atomic E-state index is 0.0719. The molecule has 1 aliphatic rings. The second-order valence-corrected chi connectivity index (χ2v) is 7.11. The first-order valence-electron chi connectivity index (χ1n) is 9.67. The molecule has 0 aliphatic carbocycles. The highest BCUT2D eigenvalue weighted by molar-refractivity contribution is 6.07. The number of carbonyl (C=O) groups is 2. The molecular formula is C22H27N3O4. The second-order valence-electron chi connectivity index (χ2n) is 7.11. The molecule has 1 aliphatic heterocycles. The van der Waals surface area contributed by atoms with Crippen molar-refractivity contribution in [3.63, 3.8) is 0 Å². The Morgan fingerprint density at radius 1 is 1.10 bits per heavy atom. The molecule has 7 nitrogen and oxygen atoms in total. The molecule has 0 saturated carbocycles. The lowest BCUT2D eigenvalue weighted by Gasteiger charge is -2.14. The topological polar surface area (TPSA) is 88.7 Å². The van der Waals surface area contributed by atoms with Gasteiger partial charge in [0.2, 0.25) is 5.91 Å². The van der Waals surface area contributed by atoms with Gasteiger partial charge in [-0.05, 0) is 61.7 Å². The zero-order valence-corrected chi connectivity index (χ0v) is 16.8. The van der Waals surface area contributed by atoms with Crippen LogP contribution in [0.3, 0.4) is 0 Å². The van der Waals surface area contributed by atoms with Gasteiger partial charge >= 0.3 is 0 Å². The van der Waals surface area contributed by atoms with Gasteiger partial charge < -0.3 is 25.4 Å². The van der Waals surface area contributed by atoms with Crippen molar-refractivity contribution in [2.24, 2.45) is 5.92 Å². The van der Waals surface area contributed by atoms with Crippen molar-refractivity contribution in [3.05, 3.63) is 53.6 Å². The van der Waals surface area contributed by atoms with Crippen molar-refractivity contribution >= 4 is 23.2 Å². The normalized spacial score (nSPS) is 15.7. The fourth-order valence-electron chi connectivity index (χ4n) is 3.44. The number of carbonyl (C=O) groups excluding carboxylic acids is 2. The van der Waals surface area contributed by atoms with Crippen molar-refractivity contribution in [1.29, 1.82) is 0 Å². The molecule has 1 unspecified atom stereocenters. The summed E-state index contributed by atoms with van der Waals surface area (Å²) in [4.78, 5) is 24.8. The third-order valence-electron chi connectivity index (χ3n) is 4.90. The maximum Gasteiger partial charge on any atom is 0.255 e. The monoisotopic (exact) mass is 397 g/mol. The maximum absolute atomic E-state index is 12.9. The zero-order chi connectivity index (χ0) is 20.6. The van der Waals surface area contributed by atoms with E-state index in [-0.39, 0.29) is 18.4 Å². The molecule has 1 heterocycles. The van der Waals surface area contributed by atoms with Gasteiger partial charge in [0.15, 0.2) is 0 Å². The number of amides is 2. The molecule has 0 bridgehead atoms. The summed E-state index contributed by atoms with van der Waals surface area (Å²) in [7, 11) is 3.00. The number of rotatable bonds is 8. The minimum Gasteiger partial charge on any atom is -0.497 e. The van der Waals surface area contributed by atoms with E-state index in [0.29, 0.717) is 28.6 Å². The molecule has 1 atom stereocenters. The number of methoxy groups -OCH3 is 2. The summed E-state index contributed by atoms with van der Waals surface area (Å²) in [5, 5.41) is 8.99. The molecule has 29 heavy (non-hydrogen) atoms. The smallest absolute Gasteiger partial charge is 0.255 e. The number of nitrogens with one attached hydrogen (secondary N) is 3. The van der Waals surface area contributed by atoms with Gasteiger partial charge in [-0.25, -0.2) is 0 Å². The Morgan fingerprint density at radius 2 is 1.97 bits per heavy atom. The standard InChI is InChI=1S/C22H27N3O4/c1-28-14-21(26)24-19-7-6-18(29-2)12-20(19)25-22(27)17-5-3-4-15(11-17)10-16-8-9-23-13-16/h3-7,11-12,16,23H,8-10,13-14H2,1-2H3,(H,24,26)(H,25,27).